The van der Waals surface area contributed by atoms with E-state index in [9.17, 15) is 18.1 Å². The van der Waals surface area contributed by atoms with E-state index in [0.29, 0.717) is 4.90 Å². The fraction of sp³-hybridized carbons (Fsp3) is 0.464. The molecule has 2 fully saturated rings. The van der Waals surface area contributed by atoms with E-state index in [4.69, 9.17) is 0 Å². The van der Waals surface area contributed by atoms with Crippen LogP contribution in [0.3, 0.4) is 0 Å². The second-order valence-electron chi connectivity index (χ2n) is 10.2. The summed E-state index contributed by atoms with van der Waals surface area (Å²) < 4.78 is 51.5. The van der Waals surface area contributed by atoms with Gasteiger partial charge < -0.3 is 10.2 Å². The molecule has 2 aliphatic rings. The van der Waals surface area contributed by atoms with Gasteiger partial charge in [0.05, 0.1) is 4.90 Å². The van der Waals surface area contributed by atoms with Crippen molar-refractivity contribution in [2.75, 3.05) is 37.3 Å². The van der Waals surface area contributed by atoms with E-state index in [0.717, 1.165) is 48.3 Å². The highest BCUT2D eigenvalue weighted by Crippen LogP contribution is 2.57. The monoisotopic (exact) mass is 563 g/mol. The van der Waals surface area contributed by atoms with Crippen LogP contribution in [-0.4, -0.2) is 67.7 Å². The lowest BCUT2D eigenvalue weighted by Gasteiger charge is -2.47. The van der Waals surface area contributed by atoms with Crippen molar-refractivity contribution in [3.8, 4) is 11.1 Å². The van der Waals surface area contributed by atoms with Crippen molar-refractivity contribution in [1.29, 1.82) is 0 Å². The van der Waals surface area contributed by atoms with Crippen molar-refractivity contribution < 1.29 is 22.5 Å². The van der Waals surface area contributed by atoms with Crippen LogP contribution in [0.4, 0.5) is 10.1 Å². The van der Waals surface area contributed by atoms with Crippen LogP contribution in [0.15, 0.2) is 58.8 Å². The van der Waals surface area contributed by atoms with Gasteiger partial charge in [0.1, 0.15) is 0 Å². The largest absolute Gasteiger partial charge is 0.372 e. The highest BCUT2D eigenvalue weighted by molar-refractivity contribution is 8.22. The van der Waals surface area contributed by atoms with E-state index < -0.39 is 39.2 Å². The SMILES string of the molecule is Cc1ccccc1-c1cc(N2CCCC2)ccc1S(O)(O)N1CCC(F)(C(=O)N[C@H](C)/C=C\S(C)=O)CC1. The van der Waals surface area contributed by atoms with Gasteiger partial charge in [0.2, 0.25) is 0 Å². The Morgan fingerprint density at radius 1 is 1.11 bits per heavy atom. The molecule has 2 saturated heterocycles. The number of nitrogens with zero attached hydrogens (tertiary/aromatic N) is 2. The number of benzene rings is 2. The summed E-state index contributed by atoms with van der Waals surface area (Å²) in [6, 6.07) is 13.2. The van der Waals surface area contributed by atoms with Crippen molar-refractivity contribution in [2.45, 2.75) is 56.1 Å². The number of hydrogen-bond donors (Lipinski definition) is 3. The minimum atomic E-state index is -3.44. The van der Waals surface area contributed by atoms with Gasteiger partial charge in [0, 0.05) is 78.8 Å². The van der Waals surface area contributed by atoms with Gasteiger partial charge >= 0.3 is 0 Å². The van der Waals surface area contributed by atoms with Crippen molar-refractivity contribution in [3.63, 3.8) is 0 Å². The molecular formula is C28H38FN3O4S2. The summed E-state index contributed by atoms with van der Waals surface area (Å²) in [5.74, 6) is -0.733. The lowest BCUT2D eigenvalue weighted by Crippen LogP contribution is -2.52. The predicted octanol–water partition coefficient (Wildman–Crippen LogP) is 5.49. The second kappa shape index (κ2) is 11.9. The Balaban J connectivity index is 1.56. The van der Waals surface area contributed by atoms with E-state index in [1.807, 2.05) is 43.3 Å². The van der Waals surface area contributed by atoms with Gasteiger partial charge in [0.25, 0.3) is 5.91 Å². The standard InChI is InChI=1S/C28H38FN3O4S2/c1-21-8-4-5-9-24(21)25-20-23(31-15-6-7-16-31)10-11-26(25)38(35,36)32-17-13-28(29,14-18-32)27(33)30-22(2)12-19-37(3)34/h4-5,8-12,19-20,22,35-36H,6-7,13-18H2,1-3H3,(H,30,33)/b19-12-/t22-,37?/m1/s1. The number of aryl methyl sites for hydroxylation is 1. The topological polar surface area (TPSA) is 93.1 Å². The van der Waals surface area contributed by atoms with Gasteiger partial charge in [-0.3, -0.25) is 18.1 Å². The van der Waals surface area contributed by atoms with Gasteiger partial charge in [-0.1, -0.05) is 30.3 Å². The predicted molar refractivity (Wildman–Crippen MR) is 155 cm³/mol. The van der Waals surface area contributed by atoms with E-state index in [2.05, 4.69) is 10.2 Å². The molecule has 2 aromatic carbocycles. The number of carbonyl (C=O) groups is 1. The molecule has 0 bridgehead atoms. The normalized spacial score (nSPS) is 20.4. The molecule has 2 aliphatic heterocycles. The summed E-state index contributed by atoms with van der Waals surface area (Å²) in [4.78, 5) is 15.4. The van der Waals surface area contributed by atoms with Crippen LogP contribution in [0.1, 0.15) is 38.2 Å². The molecule has 1 unspecified atom stereocenters. The molecule has 2 atom stereocenters. The zero-order chi connectivity index (χ0) is 27.5. The van der Waals surface area contributed by atoms with Crippen LogP contribution in [-0.2, 0) is 15.6 Å². The average molecular weight is 564 g/mol. The van der Waals surface area contributed by atoms with Crippen LogP contribution in [0, 0.1) is 6.92 Å². The Bertz CT molecular complexity index is 1210. The van der Waals surface area contributed by atoms with Crippen molar-refractivity contribution in [1.82, 2.24) is 9.62 Å². The van der Waals surface area contributed by atoms with E-state index in [1.165, 1.54) is 16.0 Å². The van der Waals surface area contributed by atoms with Gasteiger partial charge in [-0.15, -0.1) is 10.8 Å². The fourth-order valence-electron chi connectivity index (χ4n) is 5.09. The van der Waals surface area contributed by atoms with Crippen LogP contribution in [0.25, 0.3) is 11.1 Å². The number of anilines is 1. The van der Waals surface area contributed by atoms with Crippen molar-refractivity contribution in [2.24, 2.45) is 0 Å². The number of halogens is 1. The Labute approximate surface area is 229 Å². The molecule has 7 nitrogen and oxygen atoms in total. The average Bonchev–Trinajstić information content (AvgIpc) is 3.43. The Hall–Kier alpha value is -2.24. The molecule has 2 aromatic rings. The van der Waals surface area contributed by atoms with Crippen LogP contribution >= 0.6 is 10.8 Å². The molecule has 3 N–H and O–H groups in total. The van der Waals surface area contributed by atoms with Gasteiger partial charge in [-0.05, 0) is 56.0 Å². The maximum atomic E-state index is 15.6. The molecule has 0 radical (unpaired) electrons. The molecule has 4 rings (SSSR count). The summed E-state index contributed by atoms with van der Waals surface area (Å²) in [5.41, 5.74) is 1.65. The summed E-state index contributed by atoms with van der Waals surface area (Å²) >= 11 is 0. The number of nitrogens with one attached hydrogen (secondary N) is 1. The third kappa shape index (κ3) is 6.31. The first-order valence-electron chi connectivity index (χ1n) is 13.0. The molecule has 10 heteroatoms. The first kappa shape index (κ1) is 28.8. The zero-order valence-corrected chi connectivity index (χ0v) is 23.9. The third-order valence-electron chi connectivity index (χ3n) is 7.36. The Kier molecular flexibility index (Phi) is 8.99. The first-order valence-corrected chi connectivity index (χ1v) is 16.1. The van der Waals surface area contributed by atoms with Crippen molar-refractivity contribution in [3.05, 3.63) is 59.5 Å². The quantitative estimate of drug-likeness (QED) is 0.394. The summed E-state index contributed by atoms with van der Waals surface area (Å²) in [6.45, 7) is 5.68. The van der Waals surface area contributed by atoms with Crippen LogP contribution in [0.2, 0.25) is 0 Å². The molecule has 0 aromatic heterocycles. The summed E-state index contributed by atoms with van der Waals surface area (Å²) in [5, 5.41) is 4.08. The maximum absolute atomic E-state index is 15.6. The van der Waals surface area contributed by atoms with Crippen molar-refractivity contribution >= 4 is 33.2 Å². The molecule has 2 heterocycles. The Morgan fingerprint density at radius 2 is 1.76 bits per heavy atom. The van der Waals surface area contributed by atoms with Gasteiger partial charge in [-0.25, -0.2) is 8.70 Å². The second-order valence-corrected chi connectivity index (χ2v) is 13.5. The maximum Gasteiger partial charge on any atom is 0.258 e. The Morgan fingerprint density at radius 3 is 2.39 bits per heavy atom. The summed E-state index contributed by atoms with van der Waals surface area (Å²) in [6.07, 6.45) is 5.04. The van der Waals surface area contributed by atoms with Crippen LogP contribution < -0.4 is 10.2 Å². The van der Waals surface area contributed by atoms with Gasteiger partial charge in [-0.2, -0.15) is 0 Å². The third-order valence-corrected chi connectivity index (χ3v) is 9.94. The minimum Gasteiger partial charge on any atom is -0.372 e. The fourth-order valence-corrected chi connectivity index (χ4v) is 7.23. The lowest BCUT2D eigenvalue weighted by atomic mass is 9.93. The number of carbonyl (C=O) groups excluding carboxylic acids is 1. The van der Waals surface area contributed by atoms with Crippen LogP contribution in [0.5, 0.6) is 0 Å². The highest BCUT2D eigenvalue weighted by atomic mass is 32.3. The number of hydrogen-bond acceptors (Lipinski definition) is 6. The minimum absolute atomic E-state index is 0.0243. The molecule has 0 saturated carbocycles. The molecule has 0 spiro atoms. The zero-order valence-electron chi connectivity index (χ0n) is 22.2. The van der Waals surface area contributed by atoms with Gasteiger partial charge in [0.15, 0.2) is 5.67 Å². The molecule has 38 heavy (non-hydrogen) atoms. The van der Waals surface area contributed by atoms with E-state index >= 15 is 4.39 Å². The molecular weight excluding hydrogens is 525 g/mol. The summed E-state index contributed by atoms with van der Waals surface area (Å²) in [7, 11) is -4.60. The molecule has 1 amide bonds. The highest BCUT2D eigenvalue weighted by Gasteiger charge is 2.45. The molecule has 0 aliphatic carbocycles. The number of alkyl halides is 1. The van der Waals surface area contributed by atoms with E-state index in [1.54, 1.807) is 19.1 Å². The lowest BCUT2D eigenvalue weighted by molar-refractivity contribution is -0.135. The first-order chi connectivity index (χ1) is 18.0. The number of piperidine rings is 1. The smallest absolute Gasteiger partial charge is 0.258 e. The van der Waals surface area contributed by atoms with E-state index in [-0.39, 0.29) is 25.9 Å². The number of rotatable bonds is 8. The molecule has 208 valence electrons. The number of amides is 1.